The Morgan fingerprint density at radius 2 is 2.12 bits per heavy atom. The highest BCUT2D eigenvalue weighted by molar-refractivity contribution is 5.94. The monoisotopic (exact) mass is 449 g/mol. The van der Waals surface area contributed by atoms with Crippen molar-refractivity contribution in [1.82, 2.24) is 24.3 Å². The van der Waals surface area contributed by atoms with Gasteiger partial charge in [0.05, 0.1) is 24.1 Å². The second-order valence-corrected chi connectivity index (χ2v) is 8.51. The van der Waals surface area contributed by atoms with Crippen LogP contribution in [-0.2, 0) is 24.9 Å². The Kier molecular flexibility index (Phi) is 5.51. The third kappa shape index (κ3) is 3.83. The van der Waals surface area contributed by atoms with Crippen LogP contribution in [0.15, 0.2) is 41.5 Å². The lowest BCUT2D eigenvalue weighted by Gasteiger charge is -2.34. The highest BCUT2D eigenvalue weighted by Crippen LogP contribution is 2.30. The number of fused-ring (bicyclic) bond motifs is 1. The molecule has 5 rings (SSSR count). The lowest BCUT2D eigenvalue weighted by Crippen LogP contribution is -2.45. The summed E-state index contributed by atoms with van der Waals surface area (Å²) in [5, 5.41) is 3.60. The van der Waals surface area contributed by atoms with E-state index in [2.05, 4.69) is 22.1 Å². The SMILES string of the molecule is COc1cc(-n2cc(CN3CCN[C@H](c4ccc5c(c4C)COC5=O)C3)n(C)c2=O)ccn1. The molecule has 1 fully saturated rings. The number of cyclic esters (lactones) is 1. The largest absolute Gasteiger partial charge is 0.481 e. The first-order valence-electron chi connectivity index (χ1n) is 11.0. The van der Waals surface area contributed by atoms with E-state index in [-0.39, 0.29) is 17.7 Å². The molecule has 9 heteroatoms. The number of rotatable bonds is 5. The molecule has 1 aromatic carbocycles. The number of methoxy groups -OCH3 is 1. The molecule has 0 radical (unpaired) electrons. The first-order chi connectivity index (χ1) is 16.0. The van der Waals surface area contributed by atoms with E-state index in [9.17, 15) is 9.59 Å². The van der Waals surface area contributed by atoms with Crippen LogP contribution in [0.5, 0.6) is 5.88 Å². The van der Waals surface area contributed by atoms with Gasteiger partial charge in [-0.05, 0) is 30.2 Å². The number of nitrogens with zero attached hydrogens (tertiary/aromatic N) is 4. The molecule has 0 spiro atoms. The third-order valence-electron chi connectivity index (χ3n) is 6.64. The van der Waals surface area contributed by atoms with E-state index in [1.807, 2.05) is 18.3 Å². The quantitative estimate of drug-likeness (QED) is 0.593. The zero-order valence-electron chi connectivity index (χ0n) is 19.0. The van der Waals surface area contributed by atoms with Crippen molar-refractivity contribution in [3.05, 3.63) is 75.1 Å². The van der Waals surface area contributed by atoms with Gasteiger partial charge in [0.25, 0.3) is 0 Å². The van der Waals surface area contributed by atoms with Gasteiger partial charge >= 0.3 is 11.7 Å². The Hall–Kier alpha value is -3.43. The van der Waals surface area contributed by atoms with Crippen molar-refractivity contribution in [3.8, 4) is 11.6 Å². The Balaban J connectivity index is 1.37. The van der Waals surface area contributed by atoms with E-state index < -0.39 is 0 Å². The molecule has 33 heavy (non-hydrogen) atoms. The minimum atomic E-state index is -0.241. The van der Waals surface area contributed by atoms with Crippen LogP contribution in [0.25, 0.3) is 5.69 Å². The summed E-state index contributed by atoms with van der Waals surface area (Å²) < 4.78 is 13.7. The van der Waals surface area contributed by atoms with Crippen molar-refractivity contribution in [3.63, 3.8) is 0 Å². The van der Waals surface area contributed by atoms with Gasteiger partial charge in [-0.2, -0.15) is 0 Å². The van der Waals surface area contributed by atoms with Gasteiger partial charge in [-0.1, -0.05) is 6.07 Å². The number of hydrogen-bond acceptors (Lipinski definition) is 7. The first kappa shape index (κ1) is 21.4. The molecule has 2 aromatic heterocycles. The Morgan fingerprint density at radius 3 is 2.94 bits per heavy atom. The first-order valence-corrected chi connectivity index (χ1v) is 11.0. The number of piperazine rings is 1. The number of imidazole rings is 1. The molecule has 2 aliphatic heterocycles. The average molecular weight is 450 g/mol. The van der Waals surface area contributed by atoms with Gasteiger partial charge in [0.15, 0.2) is 0 Å². The molecule has 0 saturated carbocycles. The summed E-state index contributed by atoms with van der Waals surface area (Å²) in [5.41, 5.74) is 5.51. The number of hydrogen-bond donors (Lipinski definition) is 1. The van der Waals surface area contributed by atoms with Crippen LogP contribution in [0.3, 0.4) is 0 Å². The highest BCUT2D eigenvalue weighted by Gasteiger charge is 2.28. The van der Waals surface area contributed by atoms with Crippen molar-refractivity contribution < 1.29 is 14.3 Å². The molecule has 3 aromatic rings. The normalized spacial score (nSPS) is 18.3. The fourth-order valence-electron chi connectivity index (χ4n) is 4.70. The number of ether oxygens (including phenoxy) is 2. The molecule has 0 bridgehead atoms. The van der Waals surface area contributed by atoms with E-state index in [0.717, 1.165) is 42.1 Å². The molecule has 2 aliphatic rings. The zero-order valence-corrected chi connectivity index (χ0v) is 19.0. The molecule has 0 aliphatic carbocycles. The maximum atomic E-state index is 12.9. The van der Waals surface area contributed by atoms with Gasteiger partial charge in [0.2, 0.25) is 5.88 Å². The molecule has 1 atom stereocenters. The van der Waals surface area contributed by atoms with Crippen LogP contribution in [0.4, 0.5) is 0 Å². The standard InChI is InChI=1S/C24H27N5O4/c1-15-18(4-5-19-20(15)14-33-23(19)30)21-13-28(9-8-25-21)11-17-12-29(24(31)27(17)2)16-6-7-26-22(10-16)32-3/h4-7,10,12,21,25H,8-9,11,13-14H2,1-3H3/t21-/m0/s1. The molecule has 172 valence electrons. The second kappa shape index (κ2) is 8.49. The lowest BCUT2D eigenvalue weighted by molar-refractivity contribution is 0.0535. The van der Waals surface area contributed by atoms with E-state index in [1.54, 1.807) is 41.6 Å². The fraction of sp³-hybridized carbons (Fsp3) is 0.375. The molecule has 0 unspecified atom stereocenters. The molecule has 4 heterocycles. The predicted molar refractivity (Wildman–Crippen MR) is 122 cm³/mol. The van der Waals surface area contributed by atoms with Crippen molar-refractivity contribution >= 4 is 5.97 Å². The van der Waals surface area contributed by atoms with Crippen molar-refractivity contribution in [2.75, 3.05) is 26.7 Å². The van der Waals surface area contributed by atoms with Crippen LogP contribution in [0.1, 0.15) is 38.8 Å². The summed E-state index contributed by atoms with van der Waals surface area (Å²) >= 11 is 0. The number of esters is 1. The Morgan fingerprint density at radius 1 is 1.27 bits per heavy atom. The summed E-state index contributed by atoms with van der Waals surface area (Å²) in [6.45, 7) is 5.59. The molecular weight excluding hydrogens is 422 g/mol. The number of carbonyl (C=O) groups excluding carboxylic acids is 1. The van der Waals surface area contributed by atoms with E-state index in [4.69, 9.17) is 9.47 Å². The molecule has 9 nitrogen and oxygen atoms in total. The maximum Gasteiger partial charge on any atom is 0.338 e. The molecule has 1 saturated heterocycles. The summed E-state index contributed by atoms with van der Waals surface area (Å²) in [6, 6.07) is 7.59. The van der Waals surface area contributed by atoms with Crippen molar-refractivity contribution in [2.24, 2.45) is 7.05 Å². The minimum absolute atomic E-state index is 0.107. The van der Waals surface area contributed by atoms with E-state index in [1.165, 1.54) is 5.56 Å². The summed E-state index contributed by atoms with van der Waals surface area (Å²) in [4.78, 5) is 31.2. The van der Waals surface area contributed by atoms with Gasteiger partial charge in [-0.15, -0.1) is 0 Å². The average Bonchev–Trinajstić information content (AvgIpc) is 3.35. The highest BCUT2D eigenvalue weighted by atomic mass is 16.5. The Labute approximate surface area is 191 Å². The van der Waals surface area contributed by atoms with Gasteiger partial charge in [0, 0.05) is 63.3 Å². The van der Waals surface area contributed by atoms with E-state index >= 15 is 0 Å². The minimum Gasteiger partial charge on any atom is -0.481 e. The third-order valence-corrected chi connectivity index (χ3v) is 6.64. The van der Waals surface area contributed by atoms with Crippen LogP contribution in [-0.4, -0.2) is 51.7 Å². The van der Waals surface area contributed by atoms with Gasteiger partial charge in [-0.3, -0.25) is 14.0 Å². The Bertz CT molecular complexity index is 1280. The van der Waals surface area contributed by atoms with Crippen LogP contribution >= 0.6 is 0 Å². The maximum absolute atomic E-state index is 12.9. The van der Waals surface area contributed by atoms with Crippen molar-refractivity contribution in [1.29, 1.82) is 0 Å². The molecule has 0 amide bonds. The predicted octanol–water partition coefficient (Wildman–Crippen LogP) is 1.70. The number of aromatic nitrogens is 3. The van der Waals surface area contributed by atoms with Crippen LogP contribution in [0, 0.1) is 6.92 Å². The van der Waals surface area contributed by atoms with Gasteiger partial charge in [-0.25, -0.2) is 14.6 Å². The van der Waals surface area contributed by atoms with Crippen LogP contribution < -0.4 is 15.7 Å². The van der Waals surface area contributed by atoms with E-state index in [0.29, 0.717) is 24.6 Å². The molecule has 1 N–H and O–H groups in total. The molecular formula is C24H27N5O4. The fourth-order valence-corrected chi connectivity index (χ4v) is 4.70. The van der Waals surface area contributed by atoms with Crippen molar-refractivity contribution in [2.45, 2.75) is 26.1 Å². The number of benzene rings is 1. The van der Waals surface area contributed by atoms with Crippen LogP contribution in [0.2, 0.25) is 0 Å². The topological polar surface area (TPSA) is 90.6 Å². The summed E-state index contributed by atoms with van der Waals surface area (Å²) in [7, 11) is 3.35. The number of pyridine rings is 1. The summed E-state index contributed by atoms with van der Waals surface area (Å²) in [6.07, 6.45) is 3.52. The second-order valence-electron chi connectivity index (χ2n) is 8.51. The van der Waals surface area contributed by atoms with Gasteiger partial charge in [0.1, 0.15) is 6.61 Å². The number of nitrogens with one attached hydrogen (secondary N) is 1. The summed E-state index contributed by atoms with van der Waals surface area (Å²) in [5.74, 6) is 0.224. The smallest absolute Gasteiger partial charge is 0.338 e. The number of carbonyl (C=O) groups is 1. The lowest BCUT2D eigenvalue weighted by atomic mass is 9.93. The zero-order chi connectivity index (χ0) is 23.1. The van der Waals surface area contributed by atoms with Gasteiger partial charge < -0.3 is 14.8 Å².